The zero-order valence-corrected chi connectivity index (χ0v) is 15.1. The summed E-state index contributed by atoms with van der Waals surface area (Å²) in [5.41, 5.74) is 2.70. The van der Waals surface area contributed by atoms with Gasteiger partial charge in [0.25, 0.3) is 0 Å². The van der Waals surface area contributed by atoms with Crippen LogP contribution in [-0.2, 0) is 16.4 Å². The molecule has 0 aliphatic heterocycles. The van der Waals surface area contributed by atoms with Crippen molar-refractivity contribution in [1.29, 1.82) is 0 Å². The number of nitrogens with two attached hydrogens (primary N) is 1. The van der Waals surface area contributed by atoms with Crippen molar-refractivity contribution in [2.75, 3.05) is 17.2 Å². The number of nitrogens with one attached hydrogen (secondary N) is 3. The second-order valence-electron chi connectivity index (χ2n) is 6.32. The van der Waals surface area contributed by atoms with E-state index in [1.807, 2.05) is 24.3 Å². The van der Waals surface area contributed by atoms with Crippen molar-refractivity contribution in [1.82, 2.24) is 5.32 Å². The molecule has 0 saturated heterocycles. The molecule has 1 saturated carbocycles. The lowest BCUT2D eigenvalue weighted by Crippen LogP contribution is -2.30. The standard InChI is InChI=1S/C18H22N4O3S/c19-26(24,25)17-9-1-13(2-10-17)11-12-20-14-3-5-15(6-4-14)21-18(23)22-16-7-8-16/h1-6,9-10,16,20H,7-8,11-12H2,(H2,19,24,25)(H2,21,22,23). The van der Waals surface area contributed by atoms with Gasteiger partial charge in [0.1, 0.15) is 0 Å². The highest BCUT2D eigenvalue weighted by atomic mass is 32.2. The zero-order chi connectivity index (χ0) is 18.6. The third-order valence-corrected chi connectivity index (χ3v) is 4.98. The maximum Gasteiger partial charge on any atom is 0.319 e. The smallest absolute Gasteiger partial charge is 0.319 e. The van der Waals surface area contributed by atoms with Gasteiger partial charge in [-0.1, -0.05) is 12.1 Å². The van der Waals surface area contributed by atoms with E-state index in [0.29, 0.717) is 12.6 Å². The number of amides is 2. The van der Waals surface area contributed by atoms with Crippen molar-refractivity contribution >= 4 is 27.4 Å². The molecule has 2 aromatic rings. The third-order valence-electron chi connectivity index (χ3n) is 4.05. The molecule has 2 aromatic carbocycles. The van der Waals surface area contributed by atoms with Gasteiger partial charge in [-0.05, 0) is 61.2 Å². The summed E-state index contributed by atoms with van der Waals surface area (Å²) in [7, 11) is -3.65. The van der Waals surface area contributed by atoms with E-state index in [1.54, 1.807) is 12.1 Å². The highest BCUT2D eigenvalue weighted by molar-refractivity contribution is 7.89. The van der Waals surface area contributed by atoms with Crippen LogP contribution in [0.2, 0.25) is 0 Å². The molecule has 0 heterocycles. The number of hydrogen-bond acceptors (Lipinski definition) is 4. The first-order valence-electron chi connectivity index (χ1n) is 8.43. The second-order valence-corrected chi connectivity index (χ2v) is 7.88. The number of carbonyl (C=O) groups is 1. The van der Waals surface area contributed by atoms with Gasteiger partial charge < -0.3 is 16.0 Å². The Balaban J connectivity index is 1.45. The summed E-state index contributed by atoms with van der Waals surface area (Å²) in [4.78, 5) is 11.8. The molecule has 0 spiro atoms. The predicted octanol–water partition coefficient (Wildman–Crippen LogP) is 2.27. The Morgan fingerprint density at radius 3 is 2.19 bits per heavy atom. The molecule has 1 aliphatic rings. The fraction of sp³-hybridized carbons (Fsp3) is 0.278. The minimum absolute atomic E-state index is 0.114. The van der Waals surface area contributed by atoms with Crippen LogP contribution in [0.25, 0.3) is 0 Å². The SMILES string of the molecule is NS(=O)(=O)c1ccc(CCNc2ccc(NC(=O)NC3CC3)cc2)cc1. The Labute approximate surface area is 153 Å². The van der Waals surface area contributed by atoms with Gasteiger partial charge in [-0.2, -0.15) is 0 Å². The zero-order valence-electron chi connectivity index (χ0n) is 14.2. The molecule has 3 rings (SSSR count). The molecule has 0 aromatic heterocycles. The molecule has 8 heteroatoms. The monoisotopic (exact) mass is 374 g/mol. The topological polar surface area (TPSA) is 113 Å². The minimum atomic E-state index is -3.65. The van der Waals surface area contributed by atoms with E-state index in [2.05, 4.69) is 16.0 Å². The summed E-state index contributed by atoms with van der Waals surface area (Å²) >= 11 is 0. The van der Waals surface area contributed by atoms with Crippen molar-refractivity contribution in [3.05, 3.63) is 54.1 Å². The average molecular weight is 374 g/mol. The van der Waals surface area contributed by atoms with Gasteiger partial charge in [0.15, 0.2) is 0 Å². The summed E-state index contributed by atoms with van der Waals surface area (Å²) in [5.74, 6) is 0. The van der Waals surface area contributed by atoms with E-state index in [-0.39, 0.29) is 10.9 Å². The minimum Gasteiger partial charge on any atom is -0.385 e. The van der Waals surface area contributed by atoms with Gasteiger partial charge in [0, 0.05) is 24.0 Å². The summed E-state index contributed by atoms with van der Waals surface area (Å²) in [6, 6.07) is 14.2. The first-order chi connectivity index (χ1) is 12.4. The van der Waals surface area contributed by atoms with Gasteiger partial charge in [-0.15, -0.1) is 0 Å². The molecule has 0 unspecified atom stereocenters. The Kier molecular flexibility index (Phi) is 5.43. The lowest BCUT2D eigenvalue weighted by atomic mass is 10.1. The predicted molar refractivity (Wildman–Crippen MR) is 102 cm³/mol. The van der Waals surface area contributed by atoms with E-state index in [9.17, 15) is 13.2 Å². The van der Waals surface area contributed by atoms with Crippen LogP contribution in [0.15, 0.2) is 53.4 Å². The maximum absolute atomic E-state index is 11.7. The molecule has 2 amide bonds. The molecule has 5 N–H and O–H groups in total. The quantitative estimate of drug-likeness (QED) is 0.595. The lowest BCUT2D eigenvalue weighted by molar-refractivity contribution is 0.251. The Hall–Kier alpha value is -2.58. The number of benzene rings is 2. The summed E-state index contributed by atoms with van der Waals surface area (Å²) in [5, 5.41) is 14.0. The first kappa shape index (κ1) is 18.2. The number of hydrogen-bond donors (Lipinski definition) is 4. The summed E-state index contributed by atoms with van der Waals surface area (Å²) < 4.78 is 22.5. The Bertz CT molecular complexity index is 860. The average Bonchev–Trinajstić information content (AvgIpc) is 3.40. The highest BCUT2D eigenvalue weighted by Crippen LogP contribution is 2.19. The largest absolute Gasteiger partial charge is 0.385 e. The van der Waals surface area contributed by atoms with Crippen molar-refractivity contribution in [3.8, 4) is 0 Å². The molecule has 0 bridgehead atoms. The Morgan fingerprint density at radius 2 is 1.62 bits per heavy atom. The van der Waals surface area contributed by atoms with Crippen LogP contribution < -0.4 is 21.1 Å². The van der Waals surface area contributed by atoms with Gasteiger partial charge in [0.05, 0.1) is 4.90 Å². The fourth-order valence-electron chi connectivity index (χ4n) is 2.45. The molecule has 1 fully saturated rings. The first-order valence-corrected chi connectivity index (χ1v) is 9.98. The van der Waals surface area contributed by atoms with Crippen LogP contribution in [0.3, 0.4) is 0 Å². The normalized spacial score (nSPS) is 13.9. The van der Waals surface area contributed by atoms with Crippen LogP contribution in [0.1, 0.15) is 18.4 Å². The van der Waals surface area contributed by atoms with E-state index < -0.39 is 10.0 Å². The van der Waals surface area contributed by atoms with E-state index in [1.165, 1.54) is 12.1 Å². The number of sulfonamides is 1. The van der Waals surface area contributed by atoms with Gasteiger partial charge >= 0.3 is 6.03 Å². The molecular formula is C18H22N4O3S. The van der Waals surface area contributed by atoms with E-state index >= 15 is 0 Å². The summed E-state index contributed by atoms with van der Waals surface area (Å²) in [6.07, 6.45) is 2.86. The van der Waals surface area contributed by atoms with Crippen molar-refractivity contribution < 1.29 is 13.2 Å². The van der Waals surface area contributed by atoms with Crippen LogP contribution >= 0.6 is 0 Å². The Morgan fingerprint density at radius 1 is 1.00 bits per heavy atom. The van der Waals surface area contributed by atoms with Gasteiger partial charge in [-0.3, -0.25) is 0 Å². The number of urea groups is 1. The summed E-state index contributed by atoms with van der Waals surface area (Å²) in [6.45, 7) is 0.698. The van der Waals surface area contributed by atoms with Gasteiger partial charge in [0.2, 0.25) is 10.0 Å². The molecular weight excluding hydrogens is 352 g/mol. The molecule has 26 heavy (non-hydrogen) atoms. The number of primary sulfonamides is 1. The van der Waals surface area contributed by atoms with Gasteiger partial charge in [-0.25, -0.2) is 18.4 Å². The fourth-order valence-corrected chi connectivity index (χ4v) is 2.96. The third kappa shape index (κ3) is 5.47. The van der Waals surface area contributed by atoms with Crippen LogP contribution in [0, 0.1) is 0 Å². The number of carbonyl (C=O) groups excluding carboxylic acids is 1. The molecule has 138 valence electrons. The van der Waals surface area contributed by atoms with Crippen LogP contribution in [-0.4, -0.2) is 27.0 Å². The molecule has 0 radical (unpaired) electrons. The van der Waals surface area contributed by atoms with E-state index in [0.717, 1.165) is 36.2 Å². The molecule has 7 nitrogen and oxygen atoms in total. The number of rotatable bonds is 7. The maximum atomic E-state index is 11.7. The van der Waals surface area contributed by atoms with Crippen molar-refractivity contribution in [2.24, 2.45) is 5.14 Å². The van der Waals surface area contributed by atoms with E-state index in [4.69, 9.17) is 5.14 Å². The van der Waals surface area contributed by atoms with Crippen molar-refractivity contribution in [2.45, 2.75) is 30.2 Å². The lowest BCUT2D eigenvalue weighted by Gasteiger charge is -2.09. The number of anilines is 2. The highest BCUT2D eigenvalue weighted by Gasteiger charge is 2.23. The van der Waals surface area contributed by atoms with Crippen molar-refractivity contribution in [3.63, 3.8) is 0 Å². The molecule has 1 aliphatic carbocycles. The van der Waals surface area contributed by atoms with Crippen LogP contribution in [0.5, 0.6) is 0 Å². The molecule has 0 atom stereocenters. The second kappa shape index (κ2) is 7.76. The van der Waals surface area contributed by atoms with Crippen LogP contribution in [0.4, 0.5) is 16.2 Å².